The Labute approximate surface area is 217 Å². The van der Waals surface area contributed by atoms with Crippen LogP contribution in [0, 0.1) is 11.3 Å². The topological polar surface area (TPSA) is 131 Å². The molecule has 0 saturated carbocycles. The number of nitrogens with one attached hydrogen (secondary N) is 2. The van der Waals surface area contributed by atoms with E-state index in [2.05, 4.69) is 35.9 Å². The van der Waals surface area contributed by atoms with Gasteiger partial charge in [0.15, 0.2) is 6.29 Å². The lowest BCUT2D eigenvalue weighted by Gasteiger charge is -2.26. The van der Waals surface area contributed by atoms with Crippen molar-refractivity contribution in [3.8, 4) is 0 Å². The van der Waals surface area contributed by atoms with E-state index in [1.165, 1.54) is 5.56 Å². The lowest BCUT2D eigenvalue weighted by Crippen LogP contribution is -2.26. The SMILES string of the molecule is C=C(c1ccc2c(c1)N=C(CNc1ccc(C(=N)N)cc1)C(C)CC2)N(CCC(O)O)c1ccccn1. The highest BCUT2D eigenvalue weighted by atomic mass is 16.5. The van der Waals surface area contributed by atoms with E-state index < -0.39 is 6.29 Å². The average molecular weight is 499 g/mol. The third kappa shape index (κ3) is 6.61. The third-order valence-corrected chi connectivity index (χ3v) is 6.63. The first-order chi connectivity index (χ1) is 17.8. The molecule has 6 N–H and O–H groups in total. The number of nitrogens with zero attached hydrogens (tertiary/aromatic N) is 3. The number of anilines is 2. The molecule has 8 nitrogen and oxygen atoms in total. The minimum atomic E-state index is -1.41. The Kier molecular flexibility index (Phi) is 8.32. The Bertz CT molecular complexity index is 1270. The van der Waals surface area contributed by atoms with Crippen LogP contribution in [0.15, 0.2) is 78.4 Å². The zero-order valence-corrected chi connectivity index (χ0v) is 21.1. The summed E-state index contributed by atoms with van der Waals surface area (Å²) in [5, 5.41) is 29.9. The maximum absolute atomic E-state index is 9.45. The highest BCUT2D eigenvalue weighted by Gasteiger charge is 2.20. The zero-order valence-electron chi connectivity index (χ0n) is 21.1. The number of aliphatic imine (C=N–C) groups is 1. The fourth-order valence-electron chi connectivity index (χ4n) is 4.34. The van der Waals surface area contributed by atoms with Gasteiger partial charge in [-0.2, -0.15) is 0 Å². The van der Waals surface area contributed by atoms with E-state index in [0.717, 1.165) is 41.2 Å². The van der Waals surface area contributed by atoms with E-state index in [1.807, 2.05) is 53.4 Å². The maximum Gasteiger partial charge on any atom is 0.153 e. The Balaban J connectivity index is 1.57. The third-order valence-electron chi connectivity index (χ3n) is 6.63. The predicted molar refractivity (Wildman–Crippen MR) is 150 cm³/mol. The molecule has 2 heterocycles. The molecule has 1 aliphatic rings. The van der Waals surface area contributed by atoms with Gasteiger partial charge in [-0.15, -0.1) is 0 Å². The summed E-state index contributed by atoms with van der Waals surface area (Å²) in [6.07, 6.45) is 2.40. The Morgan fingerprint density at radius 3 is 2.59 bits per heavy atom. The van der Waals surface area contributed by atoms with E-state index in [0.29, 0.717) is 30.4 Å². The standard InChI is InChI=1S/C29H34N6O2/c1-19-6-7-21-8-9-23(20(2)35(16-14-28(36)37)27-5-3-4-15-32-27)17-25(21)34-26(19)18-33-24-12-10-22(11-13-24)29(30)31/h3-5,8-13,15,17,19,28,33,36-37H,2,6-7,14,16,18H2,1H3,(H3,30,31). The van der Waals surface area contributed by atoms with Gasteiger partial charge in [0.25, 0.3) is 0 Å². The van der Waals surface area contributed by atoms with E-state index in [-0.39, 0.29) is 12.3 Å². The number of aryl methyl sites for hydroxylation is 1. The summed E-state index contributed by atoms with van der Waals surface area (Å²) in [6.45, 7) is 7.50. The van der Waals surface area contributed by atoms with E-state index >= 15 is 0 Å². The van der Waals surface area contributed by atoms with Crippen molar-refractivity contribution < 1.29 is 10.2 Å². The maximum atomic E-state index is 9.45. The number of rotatable bonds is 10. The first kappa shape index (κ1) is 26.1. The van der Waals surface area contributed by atoms with Gasteiger partial charge in [0.2, 0.25) is 0 Å². The number of hydrogen-bond acceptors (Lipinski definition) is 7. The Hall–Kier alpha value is -4.01. The average Bonchev–Trinajstić information content (AvgIpc) is 3.06. The van der Waals surface area contributed by atoms with Crippen LogP contribution in [-0.2, 0) is 6.42 Å². The molecule has 0 saturated heterocycles. The lowest BCUT2D eigenvalue weighted by molar-refractivity contribution is -0.0429. The van der Waals surface area contributed by atoms with Crippen molar-refractivity contribution in [3.05, 3.63) is 90.1 Å². The summed E-state index contributed by atoms with van der Waals surface area (Å²) in [6, 6.07) is 19.3. The molecule has 4 rings (SSSR count). The number of aliphatic hydroxyl groups excluding tert-OH is 1. The molecule has 0 aliphatic carbocycles. The summed E-state index contributed by atoms with van der Waals surface area (Å²) in [5.74, 6) is 1.07. The molecule has 3 aromatic rings. The molecular formula is C29H34N6O2. The molecule has 0 spiro atoms. The summed E-state index contributed by atoms with van der Waals surface area (Å²) >= 11 is 0. The Morgan fingerprint density at radius 2 is 1.92 bits per heavy atom. The van der Waals surface area contributed by atoms with Crippen molar-refractivity contribution in [1.29, 1.82) is 5.41 Å². The number of nitrogens with two attached hydrogens (primary N) is 1. The van der Waals surface area contributed by atoms with E-state index in [1.54, 1.807) is 6.20 Å². The molecule has 0 bridgehead atoms. The number of aliphatic hydroxyl groups is 2. The van der Waals surface area contributed by atoms with Gasteiger partial charge in [-0.3, -0.25) is 10.4 Å². The lowest BCUT2D eigenvalue weighted by atomic mass is 9.97. The molecule has 1 unspecified atom stereocenters. The molecule has 1 atom stereocenters. The summed E-state index contributed by atoms with van der Waals surface area (Å²) in [5.41, 5.74) is 12.0. The largest absolute Gasteiger partial charge is 0.384 e. The number of benzene rings is 2. The van der Waals surface area contributed by atoms with Crippen molar-refractivity contribution in [1.82, 2.24) is 4.98 Å². The van der Waals surface area contributed by atoms with Crippen LogP contribution in [0.4, 0.5) is 17.2 Å². The monoisotopic (exact) mass is 498 g/mol. The molecule has 0 amide bonds. The number of amidine groups is 1. The van der Waals surface area contributed by atoms with Gasteiger partial charge in [-0.05, 0) is 72.4 Å². The summed E-state index contributed by atoms with van der Waals surface area (Å²) < 4.78 is 0. The van der Waals surface area contributed by atoms with Crippen LogP contribution in [0.3, 0.4) is 0 Å². The number of aromatic nitrogens is 1. The zero-order chi connectivity index (χ0) is 26.4. The van der Waals surface area contributed by atoms with Gasteiger partial charge in [-0.25, -0.2) is 4.98 Å². The highest BCUT2D eigenvalue weighted by Crippen LogP contribution is 2.32. The molecule has 0 radical (unpaired) electrons. The van der Waals surface area contributed by atoms with Crippen LogP contribution in [0.1, 0.15) is 36.5 Å². The van der Waals surface area contributed by atoms with Crippen molar-refractivity contribution in [2.45, 2.75) is 32.5 Å². The van der Waals surface area contributed by atoms with Crippen LogP contribution < -0.4 is 16.0 Å². The fourth-order valence-corrected chi connectivity index (χ4v) is 4.34. The van der Waals surface area contributed by atoms with Crippen LogP contribution in [0.25, 0.3) is 5.70 Å². The molecule has 1 aromatic heterocycles. The van der Waals surface area contributed by atoms with Crippen molar-refractivity contribution in [3.63, 3.8) is 0 Å². The van der Waals surface area contributed by atoms with Gasteiger partial charge >= 0.3 is 0 Å². The van der Waals surface area contributed by atoms with Gasteiger partial charge in [0.05, 0.1) is 12.2 Å². The van der Waals surface area contributed by atoms with Crippen LogP contribution >= 0.6 is 0 Å². The summed E-state index contributed by atoms with van der Waals surface area (Å²) in [7, 11) is 0. The molecule has 192 valence electrons. The second-order valence-electron chi connectivity index (χ2n) is 9.29. The number of pyridine rings is 1. The molecule has 2 aromatic carbocycles. The number of nitrogen functional groups attached to an aromatic ring is 1. The van der Waals surface area contributed by atoms with Gasteiger partial charge < -0.3 is 26.2 Å². The minimum Gasteiger partial charge on any atom is -0.384 e. The Morgan fingerprint density at radius 1 is 1.16 bits per heavy atom. The van der Waals surface area contributed by atoms with Crippen LogP contribution in [0.5, 0.6) is 0 Å². The molecule has 0 fully saturated rings. The quantitative estimate of drug-likeness (QED) is 0.161. The minimum absolute atomic E-state index is 0.0523. The first-order valence-electron chi connectivity index (χ1n) is 12.4. The fraction of sp³-hybridized carbons (Fsp3) is 0.276. The van der Waals surface area contributed by atoms with Crippen LogP contribution in [-0.4, -0.2) is 46.1 Å². The molecule has 1 aliphatic heterocycles. The molecule has 37 heavy (non-hydrogen) atoms. The summed E-state index contributed by atoms with van der Waals surface area (Å²) in [4.78, 5) is 11.4. The van der Waals surface area contributed by atoms with Crippen molar-refractivity contribution >= 4 is 34.4 Å². The second-order valence-corrected chi connectivity index (χ2v) is 9.29. The molecule has 8 heteroatoms. The van der Waals surface area contributed by atoms with Gasteiger partial charge in [0, 0.05) is 41.8 Å². The molecular weight excluding hydrogens is 464 g/mol. The highest BCUT2D eigenvalue weighted by molar-refractivity contribution is 5.96. The van der Waals surface area contributed by atoms with E-state index in [4.69, 9.17) is 16.1 Å². The van der Waals surface area contributed by atoms with E-state index in [9.17, 15) is 10.2 Å². The smallest absolute Gasteiger partial charge is 0.153 e. The van der Waals surface area contributed by atoms with Crippen LogP contribution in [0.2, 0.25) is 0 Å². The number of hydrogen-bond donors (Lipinski definition) is 5. The normalized spacial score (nSPS) is 14.9. The second kappa shape index (κ2) is 11.8. The number of fused-ring (bicyclic) bond motifs is 1. The predicted octanol–water partition coefficient (Wildman–Crippen LogP) is 4.31. The van der Waals surface area contributed by atoms with Gasteiger partial charge in [0.1, 0.15) is 11.7 Å². The van der Waals surface area contributed by atoms with Crippen molar-refractivity contribution in [2.75, 3.05) is 23.3 Å². The first-order valence-corrected chi connectivity index (χ1v) is 12.4. The van der Waals surface area contributed by atoms with Crippen molar-refractivity contribution in [2.24, 2.45) is 16.6 Å². The van der Waals surface area contributed by atoms with Gasteiger partial charge in [-0.1, -0.05) is 31.7 Å².